The van der Waals surface area contributed by atoms with E-state index >= 15 is 0 Å². The summed E-state index contributed by atoms with van der Waals surface area (Å²) < 4.78 is 5.81. The highest BCUT2D eigenvalue weighted by Crippen LogP contribution is 2.13. The van der Waals surface area contributed by atoms with Crippen LogP contribution in [-0.2, 0) is 0 Å². The minimum Gasteiger partial charge on any atom is -0.494 e. The van der Waals surface area contributed by atoms with Gasteiger partial charge in [0.05, 0.1) is 12.8 Å². The van der Waals surface area contributed by atoms with E-state index < -0.39 is 0 Å². The standard InChI is InChI=1S/C25H35N3O2/c1-2-3-4-5-6-7-8-9-10-11-20-30-24-14-12-22(13-15-24)21-27-28-25(29)23-16-18-26-19-17-23/h12-19,21H,2-11,20H2,1H3,(H,28,29). The molecule has 1 amide bonds. The third-order valence-electron chi connectivity index (χ3n) is 4.97. The van der Waals surface area contributed by atoms with Crippen LogP contribution in [0.3, 0.4) is 0 Å². The molecule has 2 aromatic rings. The molecule has 2 rings (SSSR count). The Labute approximate surface area is 181 Å². The van der Waals surface area contributed by atoms with Crippen molar-refractivity contribution in [3.8, 4) is 5.75 Å². The molecule has 0 spiro atoms. The van der Waals surface area contributed by atoms with Crippen molar-refractivity contribution in [3.05, 3.63) is 59.9 Å². The van der Waals surface area contributed by atoms with Gasteiger partial charge in [0, 0.05) is 18.0 Å². The van der Waals surface area contributed by atoms with Gasteiger partial charge in [0.25, 0.3) is 5.91 Å². The van der Waals surface area contributed by atoms with Crippen molar-refractivity contribution in [1.29, 1.82) is 0 Å². The van der Waals surface area contributed by atoms with E-state index in [1.807, 2.05) is 24.3 Å². The van der Waals surface area contributed by atoms with E-state index in [4.69, 9.17) is 4.74 Å². The lowest BCUT2D eigenvalue weighted by Crippen LogP contribution is -2.17. The highest BCUT2D eigenvalue weighted by atomic mass is 16.5. The van der Waals surface area contributed by atoms with Crippen LogP contribution in [0.25, 0.3) is 0 Å². The summed E-state index contributed by atoms with van der Waals surface area (Å²) in [5.74, 6) is 0.606. The van der Waals surface area contributed by atoms with Crippen LogP contribution in [0.1, 0.15) is 87.1 Å². The molecule has 0 atom stereocenters. The van der Waals surface area contributed by atoms with Gasteiger partial charge in [0.1, 0.15) is 5.75 Å². The molecule has 0 saturated carbocycles. The molecule has 5 heteroatoms. The highest BCUT2D eigenvalue weighted by molar-refractivity contribution is 5.94. The molecular formula is C25H35N3O2. The Kier molecular flexibility index (Phi) is 11.9. The summed E-state index contributed by atoms with van der Waals surface area (Å²) in [6, 6.07) is 11.0. The molecule has 0 aliphatic rings. The van der Waals surface area contributed by atoms with Gasteiger partial charge >= 0.3 is 0 Å². The minimum atomic E-state index is -0.259. The monoisotopic (exact) mass is 409 g/mol. The first-order valence-corrected chi connectivity index (χ1v) is 11.3. The fraction of sp³-hybridized carbons (Fsp3) is 0.480. The summed E-state index contributed by atoms with van der Waals surface area (Å²) in [6.07, 6.45) is 18.0. The Balaban J connectivity index is 1.54. The average molecular weight is 410 g/mol. The molecule has 0 aliphatic carbocycles. The number of aromatic nitrogens is 1. The first kappa shape index (κ1) is 23.6. The van der Waals surface area contributed by atoms with Gasteiger partial charge < -0.3 is 4.74 Å². The Morgan fingerprint density at radius 1 is 0.900 bits per heavy atom. The molecule has 1 aromatic heterocycles. The molecule has 5 nitrogen and oxygen atoms in total. The van der Waals surface area contributed by atoms with E-state index in [1.54, 1.807) is 30.7 Å². The topological polar surface area (TPSA) is 63.6 Å². The van der Waals surface area contributed by atoms with Crippen LogP contribution in [0.15, 0.2) is 53.9 Å². The number of benzene rings is 1. The molecule has 0 radical (unpaired) electrons. The molecular weight excluding hydrogens is 374 g/mol. The van der Waals surface area contributed by atoms with E-state index in [2.05, 4.69) is 22.4 Å². The second-order valence-electron chi connectivity index (χ2n) is 7.53. The molecule has 1 heterocycles. The van der Waals surface area contributed by atoms with Gasteiger partial charge in [0.2, 0.25) is 0 Å². The number of nitrogens with zero attached hydrogens (tertiary/aromatic N) is 2. The normalized spacial score (nSPS) is 11.0. The van der Waals surface area contributed by atoms with Gasteiger partial charge in [-0.2, -0.15) is 5.10 Å². The average Bonchev–Trinajstić information content (AvgIpc) is 2.79. The number of rotatable bonds is 15. The Hall–Kier alpha value is -2.69. The van der Waals surface area contributed by atoms with Crippen LogP contribution in [0.5, 0.6) is 5.75 Å². The summed E-state index contributed by atoms with van der Waals surface area (Å²) in [7, 11) is 0. The van der Waals surface area contributed by atoms with E-state index in [-0.39, 0.29) is 5.91 Å². The first-order chi connectivity index (χ1) is 14.8. The van der Waals surface area contributed by atoms with E-state index in [9.17, 15) is 4.79 Å². The van der Waals surface area contributed by atoms with Crippen LogP contribution in [0.2, 0.25) is 0 Å². The SMILES string of the molecule is CCCCCCCCCCCCOc1ccc(C=NNC(=O)c2ccncc2)cc1. The molecule has 162 valence electrons. The lowest BCUT2D eigenvalue weighted by Gasteiger charge is -2.06. The van der Waals surface area contributed by atoms with Crippen molar-refractivity contribution in [2.45, 2.75) is 71.1 Å². The summed E-state index contributed by atoms with van der Waals surface area (Å²) in [5, 5.41) is 3.99. The number of carbonyl (C=O) groups is 1. The zero-order valence-electron chi connectivity index (χ0n) is 18.2. The Bertz CT molecular complexity index is 730. The third-order valence-corrected chi connectivity index (χ3v) is 4.97. The number of pyridine rings is 1. The van der Waals surface area contributed by atoms with Gasteiger partial charge in [-0.15, -0.1) is 0 Å². The summed E-state index contributed by atoms with van der Waals surface area (Å²) >= 11 is 0. The van der Waals surface area contributed by atoms with E-state index in [1.165, 1.54) is 57.8 Å². The quantitative estimate of drug-likeness (QED) is 0.218. The van der Waals surface area contributed by atoms with Crippen LogP contribution in [0, 0.1) is 0 Å². The second-order valence-corrected chi connectivity index (χ2v) is 7.53. The maximum Gasteiger partial charge on any atom is 0.271 e. The van der Waals surface area contributed by atoms with E-state index in [0.29, 0.717) is 5.56 Å². The number of amides is 1. The first-order valence-electron chi connectivity index (χ1n) is 11.3. The van der Waals surface area contributed by atoms with Gasteiger partial charge in [-0.05, 0) is 48.4 Å². The number of unbranched alkanes of at least 4 members (excludes halogenated alkanes) is 9. The van der Waals surface area contributed by atoms with Crippen molar-refractivity contribution in [3.63, 3.8) is 0 Å². The molecule has 30 heavy (non-hydrogen) atoms. The zero-order chi connectivity index (χ0) is 21.3. The predicted molar refractivity (Wildman–Crippen MR) is 123 cm³/mol. The van der Waals surface area contributed by atoms with E-state index in [0.717, 1.165) is 24.3 Å². The Morgan fingerprint density at radius 2 is 1.50 bits per heavy atom. The smallest absolute Gasteiger partial charge is 0.271 e. The Morgan fingerprint density at radius 3 is 2.13 bits per heavy atom. The summed E-state index contributed by atoms with van der Waals surface area (Å²) in [4.78, 5) is 15.8. The second kappa shape index (κ2) is 15.2. The lowest BCUT2D eigenvalue weighted by molar-refractivity contribution is 0.0955. The van der Waals surface area contributed by atoms with Crippen LogP contribution in [0.4, 0.5) is 0 Å². The van der Waals surface area contributed by atoms with Crippen molar-refractivity contribution in [2.75, 3.05) is 6.61 Å². The van der Waals surface area contributed by atoms with Gasteiger partial charge in [-0.25, -0.2) is 5.43 Å². The molecule has 0 bridgehead atoms. The van der Waals surface area contributed by atoms with Crippen LogP contribution >= 0.6 is 0 Å². The molecule has 1 N–H and O–H groups in total. The summed E-state index contributed by atoms with van der Waals surface area (Å²) in [5.41, 5.74) is 3.93. The minimum absolute atomic E-state index is 0.259. The van der Waals surface area contributed by atoms with Gasteiger partial charge in [0.15, 0.2) is 0 Å². The number of hydrogen-bond acceptors (Lipinski definition) is 4. The number of hydrogen-bond donors (Lipinski definition) is 1. The number of ether oxygens (including phenoxy) is 1. The highest BCUT2D eigenvalue weighted by Gasteiger charge is 2.02. The maximum atomic E-state index is 11.9. The maximum absolute atomic E-state index is 11.9. The van der Waals surface area contributed by atoms with Crippen molar-refractivity contribution in [2.24, 2.45) is 5.10 Å². The van der Waals surface area contributed by atoms with Gasteiger partial charge in [-0.3, -0.25) is 9.78 Å². The van der Waals surface area contributed by atoms with Crippen molar-refractivity contribution >= 4 is 12.1 Å². The lowest BCUT2D eigenvalue weighted by atomic mass is 10.1. The van der Waals surface area contributed by atoms with Crippen molar-refractivity contribution in [1.82, 2.24) is 10.4 Å². The molecule has 0 saturated heterocycles. The fourth-order valence-corrected chi connectivity index (χ4v) is 3.16. The largest absolute Gasteiger partial charge is 0.494 e. The molecule has 1 aromatic carbocycles. The molecule has 0 aliphatic heterocycles. The fourth-order valence-electron chi connectivity index (χ4n) is 3.16. The van der Waals surface area contributed by atoms with Crippen LogP contribution in [-0.4, -0.2) is 23.7 Å². The van der Waals surface area contributed by atoms with Gasteiger partial charge in [-0.1, -0.05) is 64.7 Å². The molecule has 0 unspecified atom stereocenters. The number of hydrazone groups is 1. The number of nitrogens with one attached hydrogen (secondary N) is 1. The molecule has 0 fully saturated rings. The predicted octanol–water partition coefficient (Wildman–Crippen LogP) is 6.15. The third kappa shape index (κ3) is 10.2. The van der Waals surface area contributed by atoms with Crippen LogP contribution < -0.4 is 10.2 Å². The number of carbonyl (C=O) groups excluding carboxylic acids is 1. The zero-order valence-corrected chi connectivity index (χ0v) is 18.2. The summed E-state index contributed by atoms with van der Waals surface area (Å²) in [6.45, 7) is 3.02. The van der Waals surface area contributed by atoms with Crippen molar-refractivity contribution < 1.29 is 9.53 Å².